The average Bonchev–Trinajstić information content (AvgIpc) is 2.72. The summed E-state index contributed by atoms with van der Waals surface area (Å²) in [6, 6.07) is 15.0. The monoisotopic (exact) mass is 418 g/mol. The third-order valence-electron chi connectivity index (χ3n) is 4.68. The number of nitriles is 1. The number of rotatable bonds is 5. The molecule has 1 aliphatic heterocycles. The minimum atomic E-state index is -3.60. The number of esters is 1. The number of carbonyl (C=O) groups is 1. The van der Waals surface area contributed by atoms with E-state index in [-0.39, 0.29) is 36.5 Å². The zero-order valence-corrected chi connectivity index (χ0v) is 16.6. The first-order valence-electron chi connectivity index (χ1n) is 8.81. The molecule has 1 saturated heterocycles. The Labute approximate surface area is 169 Å². The van der Waals surface area contributed by atoms with Gasteiger partial charge in [-0.25, -0.2) is 8.42 Å². The van der Waals surface area contributed by atoms with Crippen molar-refractivity contribution in [3.8, 4) is 6.07 Å². The summed E-state index contributed by atoms with van der Waals surface area (Å²) in [6.07, 6.45) is 0.813. The Hall–Kier alpha value is -2.40. The van der Waals surface area contributed by atoms with Crippen molar-refractivity contribution in [2.75, 3.05) is 13.1 Å². The van der Waals surface area contributed by atoms with E-state index in [4.69, 9.17) is 21.6 Å². The van der Waals surface area contributed by atoms with Gasteiger partial charge >= 0.3 is 5.97 Å². The third-order valence-corrected chi connectivity index (χ3v) is 6.84. The Morgan fingerprint density at radius 2 is 1.86 bits per heavy atom. The fourth-order valence-corrected chi connectivity index (χ4v) is 4.69. The zero-order valence-electron chi connectivity index (χ0n) is 15.0. The molecule has 0 N–H and O–H groups in total. The summed E-state index contributed by atoms with van der Waals surface area (Å²) in [5, 5.41) is 9.38. The molecule has 8 heteroatoms. The quantitative estimate of drug-likeness (QED) is 0.695. The van der Waals surface area contributed by atoms with Crippen molar-refractivity contribution in [2.45, 2.75) is 24.3 Å². The van der Waals surface area contributed by atoms with Crippen LogP contribution in [-0.2, 0) is 26.2 Å². The Bertz CT molecular complexity index is 992. The molecule has 3 rings (SSSR count). The van der Waals surface area contributed by atoms with Crippen LogP contribution < -0.4 is 0 Å². The van der Waals surface area contributed by atoms with E-state index < -0.39 is 10.0 Å². The lowest BCUT2D eigenvalue weighted by Crippen LogP contribution is -2.40. The first-order valence-corrected chi connectivity index (χ1v) is 10.6. The lowest BCUT2D eigenvalue weighted by atomic mass is 9.98. The topological polar surface area (TPSA) is 87.5 Å². The Morgan fingerprint density at radius 3 is 2.50 bits per heavy atom. The highest BCUT2D eigenvalue weighted by Crippen LogP contribution is 2.25. The number of piperidine rings is 1. The summed E-state index contributed by atoms with van der Waals surface area (Å²) in [4.78, 5) is 12.5. The molecule has 0 spiro atoms. The van der Waals surface area contributed by atoms with Gasteiger partial charge in [-0.1, -0.05) is 23.7 Å². The first-order chi connectivity index (χ1) is 13.4. The molecule has 1 fully saturated rings. The number of nitrogens with zero attached hydrogens (tertiary/aromatic N) is 2. The largest absolute Gasteiger partial charge is 0.461 e. The Kier molecular flexibility index (Phi) is 6.35. The lowest BCUT2D eigenvalue weighted by Gasteiger charge is -2.30. The molecule has 1 aliphatic rings. The van der Waals surface area contributed by atoms with E-state index in [0.717, 1.165) is 5.56 Å². The van der Waals surface area contributed by atoms with Gasteiger partial charge in [0.25, 0.3) is 0 Å². The number of hydrogen-bond acceptors (Lipinski definition) is 5. The molecule has 2 aromatic carbocycles. The van der Waals surface area contributed by atoms with Gasteiger partial charge < -0.3 is 4.74 Å². The van der Waals surface area contributed by atoms with Gasteiger partial charge in [-0.05, 0) is 54.8 Å². The zero-order chi connectivity index (χ0) is 20.1. The molecule has 0 aromatic heterocycles. The Balaban J connectivity index is 1.55. The molecule has 0 unspecified atom stereocenters. The van der Waals surface area contributed by atoms with Crippen molar-refractivity contribution in [1.82, 2.24) is 4.31 Å². The normalized spacial score (nSPS) is 15.7. The van der Waals surface area contributed by atoms with Crippen LogP contribution in [0.3, 0.4) is 0 Å². The summed E-state index contributed by atoms with van der Waals surface area (Å²) in [6.45, 7) is 0.612. The van der Waals surface area contributed by atoms with Gasteiger partial charge in [0.1, 0.15) is 6.61 Å². The number of sulfonamides is 1. The van der Waals surface area contributed by atoms with Crippen LogP contribution in [0.25, 0.3) is 0 Å². The number of carbonyl (C=O) groups excluding carboxylic acids is 1. The van der Waals surface area contributed by atoms with E-state index in [1.807, 2.05) is 6.07 Å². The summed E-state index contributed by atoms with van der Waals surface area (Å²) in [7, 11) is -3.60. The van der Waals surface area contributed by atoms with Crippen molar-refractivity contribution in [1.29, 1.82) is 5.26 Å². The molecule has 0 bridgehead atoms. The van der Waals surface area contributed by atoms with Crippen LogP contribution >= 0.6 is 11.6 Å². The van der Waals surface area contributed by atoms with Crippen molar-refractivity contribution < 1.29 is 17.9 Å². The minimum absolute atomic E-state index is 0.0949. The van der Waals surface area contributed by atoms with Crippen LogP contribution in [0.15, 0.2) is 53.4 Å². The number of halogens is 1. The van der Waals surface area contributed by atoms with Crippen LogP contribution in [0.5, 0.6) is 0 Å². The molecule has 0 amide bonds. The fraction of sp³-hybridized carbons (Fsp3) is 0.300. The predicted octanol–water partition coefficient (Wildman–Crippen LogP) is 3.36. The second-order valence-corrected chi connectivity index (χ2v) is 8.93. The van der Waals surface area contributed by atoms with Crippen molar-refractivity contribution in [3.05, 3.63) is 64.7 Å². The van der Waals surface area contributed by atoms with Crippen LogP contribution in [0, 0.1) is 17.2 Å². The highest BCUT2D eigenvalue weighted by Gasteiger charge is 2.32. The summed E-state index contributed by atoms with van der Waals surface area (Å²) < 4.78 is 32.1. The van der Waals surface area contributed by atoms with Crippen LogP contribution in [0.1, 0.15) is 24.0 Å². The maximum absolute atomic E-state index is 12.7. The SMILES string of the molecule is N#Cc1cccc(COC(=O)C2CCN(S(=O)(=O)c3ccc(Cl)cc3)CC2)c1. The van der Waals surface area contributed by atoms with Crippen molar-refractivity contribution in [3.63, 3.8) is 0 Å². The van der Waals surface area contributed by atoms with E-state index >= 15 is 0 Å². The van der Waals surface area contributed by atoms with Gasteiger partial charge in [-0.3, -0.25) is 4.79 Å². The molecule has 0 radical (unpaired) electrons. The van der Waals surface area contributed by atoms with Gasteiger partial charge in [0.15, 0.2) is 0 Å². The molecule has 1 heterocycles. The van der Waals surface area contributed by atoms with Gasteiger partial charge in [-0.15, -0.1) is 0 Å². The van der Waals surface area contributed by atoms with Crippen LogP contribution in [-0.4, -0.2) is 31.8 Å². The maximum Gasteiger partial charge on any atom is 0.309 e. The number of hydrogen-bond donors (Lipinski definition) is 0. The van der Waals surface area contributed by atoms with E-state index in [9.17, 15) is 13.2 Å². The molecule has 2 aromatic rings. The van der Waals surface area contributed by atoms with Gasteiger partial charge in [0, 0.05) is 18.1 Å². The lowest BCUT2D eigenvalue weighted by molar-refractivity contribution is -0.151. The highest BCUT2D eigenvalue weighted by molar-refractivity contribution is 7.89. The van der Waals surface area contributed by atoms with E-state index in [2.05, 4.69) is 0 Å². The van der Waals surface area contributed by atoms with E-state index in [0.29, 0.717) is 23.4 Å². The predicted molar refractivity (Wildman–Crippen MR) is 104 cm³/mol. The summed E-state index contributed by atoms with van der Waals surface area (Å²) in [5.74, 6) is -0.679. The van der Waals surface area contributed by atoms with E-state index in [1.165, 1.54) is 16.4 Å². The molecule has 146 valence electrons. The van der Waals surface area contributed by atoms with Crippen LogP contribution in [0.4, 0.5) is 0 Å². The highest BCUT2D eigenvalue weighted by atomic mass is 35.5. The Morgan fingerprint density at radius 1 is 1.18 bits per heavy atom. The van der Waals surface area contributed by atoms with Gasteiger partial charge in [-0.2, -0.15) is 9.57 Å². The van der Waals surface area contributed by atoms with Crippen molar-refractivity contribution >= 4 is 27.6 Å². The number of ether oxygens (including phenoxy) is 1. The molecule has 0 atom stereocenters. The van der Waals surface area contributed by atoms with Gasteiger partial charge in [0.05, 0.1) is 22.4 Å². The second kappa shape index (κ2) is 8.74. The molecular weight excluding hydrogens is 400 g/mol. The van der Waals surface area contributed by atoms with Crippen molar-refractivity contribution in [2.24, 2.45) is 5.92 Å². The third kappa shape index (κ3) is 4.71. The molecular formula is C20H19ClN2O4S. The average molecular weight is 419 g/mol. The van der Waals surface area contributed by atoms with E-state index in [1.54, 1.807) is 36.4 Å². The standard InChI is InChI=1S/C20H19ClN2O4S/c21-18-4-6-19(7-5-18)28(25,26)23-10-8-17(9-11-23)20(24)27-14-16-3-1-2-15(12-16)13-22/h1-7,12,17H,8-11,14H2. The summed E-state index contributed by atoms with van der Waals surface area (Å²) >= 11 is 5.82. The van der Waals surface area contributed by atoms with Crippen LogP contribution in [0.2, 0.25) is 5.02 Å². The second-order valence-electron chi connectivity index (χ2n) is 6.55. The molecule has 28 heavy (non-hydrogen) atoms. The first kappa shape index (κ1) is 20.3. The minimum Gasteiger partial charge on any atom is -0.461 e. The smallest absolute Gasteiger partial charge is 0.309 e. The maximum atomic E-state index is 12.7. The fourth-order valence-electron chi connectivity index (χ4n) is 3.09. The molecule has 6 nitrogen and oxygen atoms in total. The molecule has 0 aliphatic carbocycles. The number of benzene rings is 2. The van der Waals surface area contributed by atoms with Gasteiger partial charge in [0.2, 0.25) is 10.0 Å². The molecule has 0 saturated carbocycles. The summed E-state index contributed by atoms with van der Waals surface area (Å²) in [5.41, 5.74) is 1.25.